The van der Waals surface area contributed by atoms with Gasteiger partial charge in [-0.2, -0.15) is 5.10 Å². The summed E-state index contributed by atoms with van der Waals surface area (Å²) in [7, 11) is 0. The summed E-state index contributed by atoms with van der Waals surface area (Å²) >= 11 is 2.80. The van der Waals surface area contributed by atoms with Crippen LogP contribution < -0.4 is 5.43 Å². The van der Waals surface area contributed by atoms with Crippen molar-refractivity contribution >= 4 is 35.2 Å². The molecule has 6 nitrogen and oxygen atoms in total. The van der Waals surface area contributed by atoms with Gasteiger partial charge in [0, 0.05) is 18.0 Å². The lowest BCUT2D eigenvalue weighted by Crippen LogP contribution is -2.19. The van der Waals surface area contributed by atoms with Crippen molar-refractivity contribution in [2.45, 2.75) is 4.34 Å². The van der Waals surface area contributed by atoms with Crippen LogP contribution in [0.4, 0.5) is 0 Å². The fourth-order valence-corrected chi connectivity index (χ4v) is 3.40. The third-order valence-corrected chi connectivity index (χ3v) is 4.97. The second kappa shape index (κ2) is 8.32. The lowest BCUT2D eigenvalue weighted by Gasteiger charge is -1.97. The van der Waals surface area contributed by atoms with Gasteiger partial charge in [0.2, 0.25) is 0 Å². The molecule has 0 radical (unpaired) electrons. The fraction of sp³-hybridized carbons (Fsp3) is 0.0625. The van der Waals surface area contributed by atoms with E-state index in [0.29, 0.717) is 0 Å². The smallest absolute Gasteiger partial charge is 0.250 e. The van der Waals surface area contributed by atoms with Crippen molar-refractivity contribution in [2.24, 2.45) is 5.10 Å². The van der Waals surface area contributed by atoms with E-state index in [1.54, 1.807) is 30.7 Å². The van der Waals surface area contributed by atoms with Crippen molar-refractivity contribution in [3.05, 3.63) is 60.4 Å². The van der Waals surface area contributed by atoms with Crippen LogP contribution in [0.5, 0.6) is 0 Å². The lowest BCUT2D eigenvalue weighted by molar-refractivity contribution is -0.118. The molecule has 24 heavy (non-hydrogen) atoms. The number of carbonyl (C=O) groups is 1. The Bertz CT molecular complexity index is 821. The minimum Gasteiger partial charge on any atom is -0.272 e. The summed E-state index contributed by atoms with van der Waals surface area (Å²) in [6.45, 7) is 0. The molecule has 120 valence electrons. The zero-order chi connectivity index (χ0) is 16.6. The number of benzene rings is 1. The van der Waals surface area contributed by atoms with Crippen LogP contribution in [0, 0.1) is 0 Å². The summed E-state index contributed by atoms with van der Waals surface area (Å²) < 4.78 is 0.752. The van der Waals surface area contributed by atoms with Crippen LogP contribution in [0.25, 0.3) is 10.6 Å². The summed E-state index contributed by atoms with van der Waals surface area (Å²) in [6.07, 6.45) is 4.90. The van der Waals surface area contributed by atoms with E-state index in [4.69, 9.17) is 0 Å². The highest BCUT2D eigenvalue weighted by Gasteiger charge is 2.08. The predicted octanol–water partition coefficient (Wildman–Crippen LogP) is 2.84. The summed E-state index contributed by atoms with van der Waals surface area (Å²) in [5, 5.41) is 13.0. The molecule has 1 amide bonds. The van der Waals surface area contributed by atoms with Gasteiger partial charge in [-0.25, -0.2) is 5.43 Å². The zero-order valence-corrected chi connectivity index (χ0v) is 14.1. The molecule has 1 aromatic carbocycles. The normalized spacial score (nSPS) is 10.8. The van der Waals surface area contributed by atoms with Crippen molar-refractivity contribution in [1.29, 1.82) is 0 Å². The molecular formula is C16H13N5OS2. The van der Waals surface area contributed by atoms with Crippen molar-refractivity contribution in [1.82, 2.24) is 20.6 Å². The number of aromatic nitrogens is 3. The number of thioether (sulfide) groups is 1. The van der Waals surface area contributed by atoms with Gasteiger partial charge in [-0.3, -0.25) is 9.78 Å². The average molecular weight is 355 g/mol. The quantitative estimate of drug-likeness (QED) is 0.418. The largest absolute Gasteiger partial charge is 0.272 e. The Morgan fingerprint density at radius 1 is 1.17 bits per heavy atom. The summed E-state index contributed by atoms with van der Waals surface area (Å²) in [5.74, 6) is 0.0404. The second-order valence-corrected chi connectivity index (χ2v) is 6.80. The van der Waals surface area contributed by atoms with Crippen LogP contribution >= 0.6 is 23.1 Å². The van der Waals surface area contributed by atoms with Crippen molar-refractivity contribution in [3.63, 3.8) is 0 Å². The van der Waals surface area contributed by atoms with Crippen LogP contribution in [0.1, 0.15) is 5.56 Å². The van der Waals surface area contributed by atoms with E-state index in [1.807, 2.05) is 30.3 Å². The number of hydrogen-bond donors (Lipinski definition) is 1. The van der Waals surface area contributed by atoms with Gasteiger partial charge in [-0.15, -0.1) is 10.2 Å². The fourth-order valence-electron chi connectivity index (χ4n) is 1.75. The second-order valence-electron chi connectivity index (χ2n) is 4.60. The van der Waals surface area contributed by atoms with E-state index in [0.717, 1.165) is 20.5 Å². The maximum absolute atomic E-state index is 11.8. The maximum atomic E-state index is 11.8. The highest BCUT2D eigenvalue weighted by atomic mass is 32.2. The molecule has 8 heteroatoms. The molecular weight excluding hydrogens is 342 g/mol. The number of hydrazone groups is 1. The predicted molar refractivity (Wildman–Crippen MR) is 96.0 cm³/mol. The van der Waals surface area contributed by atoms with E-state index in [9.17, 15) is 4.79 Å². The molecule has 0 atom stereocenters. The van der Waals surface area contributed by atoms with E-state index in [2.05, 4.69) is 25.7 Å². The Balaban J connectivity index is 1.48. The number of rotatable bonds is 6. The maximum Gasteiger partial charge on any atom is 0.250 e. The van der Waals surface area contributed by atoms with E-state index in [1.165, 1.54) is 23.1 Å². The molecule has 0 aliphatic heterocycles. The number of carbonyl (C=O) groups excluding carboxylic acids is 1. The molecule has 2 heterocycles. The number of pyridine rings is 1. The number of nitrogens with zero attached hydrogens (tertiary/aromatic N) is 4. The van der Waals surface area contributed by atoms with Gasteiger partial charge in [-0.1, -0.05) is 53.4 Å². The SMILES string of the molecule is O=C(CSc1nnc(-c2ccccc2)s1)NN=Cc1ccncc1. The van der Waals surface area contributed by atoms with Crippen LogP contribution in [0.15, 0.2) is 64.3 Å². The van der Waals surface area contributed by atoms with Gasteiger partial charge >= 0.3 is 0 Å². The Kier molecular flexibility index (Phi) is 5.65. The van der Waals surface area contributed by atoms with Gasteiger partial charge in [0.15, 0.2) is 4.34 Å². The Hall–Kier alpha value is -2.58. The van der Waals surface area contributed by atoms with Gasteiger partial charge in [0.25, 0.3) is 5.91 Å². The van der Waals surface area contributed by atoms with Gasteiger partial charge in [-0.05, 0) is 17.7 Å². The van der Waals surface area contributed by atoms with E-state index < -0.39 is 0 Å². The first-order valence-electron chi connectivity index (χ1n) is 7.05. The standard InChI is InChI=1S/C16H13N5OS2/c22-14(19-18-10-12-6-8-17-9-7-12)11-23-16-21-20-15(24-16)13-4-2-1-3-5-13/h1-10H,11H2,(H,19,22). The van der Waals surface area contributed by atoms with Crippen LogP contribution in [0.2, 0.25) is 0 Å². The van der Waals surface area contributed by atoms with Gasteiger partial charge in [0.05, 0.1) is 12.0 Å². The first kappa shape index (κ1) is 16.3. The van der Waals surface area contributed by atoms with Crippen LogP contribution in [-0.2, 0) is 4.79 Å². The average Bonchev–Trinajstić information content (AvgIpc) is 3.11. The molecule has 0 aliphatic carbocycles. The van der Waals surface area contributed by atoms with E-state index in [-0.39, 0.29) is 11.7 Å². The minimum absolute atomic E-state index is 0.193. The summed E-state index contributed by atoms with van der Waals surface area (Å²) in [4.78, 5) is 15.7. The van der Waals surface area contributed by atoms with Gasteiger partial charge < -0.3 is 0 Å². The monoisotopic (exact) mass is 355 g/mol. The first-order valence-corrected chi connectivity index (χ1v) is 8.85. The molecule has 0 saturated heterocycles. The zero-order valence-electron chi connectivity index (χ0n) is 12.5. The first-order chi connectivity index (χ1) is 11.8. The van der Waals surface area contributed by atoms with Gasteiger partial charge in [0.1, 0.15) is 5.01 Å². The topological polar surface area (TPSA) is 80.1 Å². The summed E-state index contributed by atoms with van der Waals surface area (Å²) in [6, 6.07) is 13.4. The molecule has 0 fully saturated rings. The highest BCUT2D eigenvalue weighted by Crippen LogP contribution is 2.28. The third kappa shape index (κ3) is 4.71. The minimum atomic E-state index is -0.193. The lowest BCUT2D eigenvalue weighted by atomic mass is 10.2. The molecule has 0 aliphatic rings. The Labute approximate surface area is 147 Å². The van der Waals surface area contributed by atoms with Crippen molar-refractivity contribution in [2.75, 3.05) is 5.75 Å². The third-order valence-electron chi connectivity index (χ3n) is 2.86. The van der Waals surface area contributed by atoms with Crippen LogP contribution in [0.3, 0.4) is 0 Å². The number of amides is 1. The molecule has 1 N–H and O–H groups in total. The number of hydrogen-bond acceptors (Lipinski definition) is 7. The Morgan fingerprint density at radius 2 is 1.96 bits per heavy atom. The molecule has 0 saturated carbocycles. The van der Waals surface area contributed by atoms with Crippen LogP contribution in [-0.4, -0.2) is 33.1 Å². The molecule has 3 rings (SSSR count). The molecule has 0 spiro atoms. The molecule has 0 bridgehead atoms. The molecule has 2 aromatic heterocycles. The van der Waals surface area contributed by atoms with Crippen molar-refractivity contribution in [3.8, 4) is 10.6 Å². The summed E-state index contributed by atoms with van der Waals surface area (Å²) in [5.41, 5.74) is 4.38. The molecule has 3 aromatic rings. The number of nitrogens with one attached hydrogen (secondary N) is 1. The highest BCUT2D eigenvalue weighted by molar-refractivity contribution is 8.01. The molecule has 0 unspecified atom stereocenters. The Morgan fingerprint density at radius 3 is 2.75 bits per heavy atom. The van der Waals surface area contributed by atoms with Crippen molar-refractivity contribution < 1.29 is 4.79 Å². The van der Waals surface area contributed by atoms with E-state index >= 15 is 0 Å².